The molecule has 0 saturated heterocycles. The van der Waals surface area contributed by atoms with Gasteiger partial charge < -0.3 is 76.1 Å². The average Bonchev–Trinajstić information content (AvgIpc) is 3.18. The van der Waals surface area contributed by atoms with Gasteiger partial charge in [-0.15, -0.1) is 0 Å². The van der Waals surface area contributed by atoms with E-state index in [1.165, 1.54) is 0 Å². The van der Waals surface area contributed by atoms with Gasteiger partial charge in [0.1, 0.15) is 0 Å². The molecule has 0 amide bonds. The second-order valence-corrected chi connectivity index (χ2v) is 14.5. The molecule has 19 nitrogen and oxygen atoms in total. The largest absolute Gasteiger partial charge is 0.329 e. The fraction of sp³-hybridized carbons (Fsp3) is 1.00. The van der Waals surface area contributed by atoms with Crippen LogP contribution in [0.2, 0.25) is 0 Å². The summed E-state index contributed by atoms with van der Waals surface area (Å²) in [7, 11) is 6.12. The third-order valence-electron chi connectivity index (χ3n) is 9.68. The van der Waals surface area contributed by atoms with E-state index in [-0.39, 0.29) is 0 Å². The van der Waals surface area contributed by atoms with E-state index in [2.05, 4.69) is 79.0 Å². The normalized spacial score (nSPS) is 12.3. The Labute approximate surface area is 344 Å². The predicted molar refractivity (Wildman–Crippen MR) is 240 cm³/mol. The maximum absolute atomic E-state index is 6.00. The summed E-state index contributed by atoms with van der Waals surface area (Å²) in [5, 5.41) is 28.2. The summed E-state index contributed by atoms with van der Waals surface area (Å²) in [6, 6.07) is 0. The number of nitrogens with two attached hydrogens (primary N) is 5. The molecule has 0 rings (SSSR count). The highest BCUT2D eigenvalue weighted by molar-refractivity contribution is 4.70. The van der Waals surface area contributed by atoms with Gasteiger partial charge in [0.25, 0.3) is 0 Å². The van der Waals surface area contributed by atoms with Crippen molar-refractivity contribution in [2.75, 3.05) is 244 Å². The molecule has 0 aromatic rings. The maximum atomic E-state index is 6.00. The van der Waals surface area contributed by atoms with Gasteiger partial charge >= 0.3 is 0 Å². The maximum Gasteiger partial charge on any atom is 0.0493 e. The average molecular weight is 806 g/mol. The number of hydrogen-bond acceptors (Lipinski definition) is 19. The fourth-order valence-corrected chi connectivity index (χ4v) is 6.29. The van der Waals surface area contributed by atoms with E-state index in [1.54, 1.807) is 0 Å². The van der Waals surface area contributed by atoms with Crippen LogP contribution in [0.4, 0.5) is 0 Å². The molecule has 18 N–H and O–H groups in total. The molecule has 0 aliphatic heterocycles. The van der Waals surface area contributed by atoms with E-state index < -0.39 is 0 Å². The van der Waals surface area contributed by atoms with Crippen molar-refractivity contribution in [3.8, 4) is 0 Å². The molecule has 0 spiro atoms. The molecule has 0 aliphatic carbocycles. The minimum Gasteiger partial charge on any atom is -0.329 e. The lowest BCUT2D eigenvalue weighted by atomic mass is 10.3. The van der Waals surface area contributed by atoms with Crippen molar-refractivity contribution >= 4 is 0 Å². The summed E-state index contributed by atoms with van der Waals surface area (Å²) in [5.41, 5.74) is 29.0. The van der Waals surface area contributed by atoms with Crippen molar-refractivity contribution in [3.63, 3.8) is 0 Å². The van der Waals surface area contributed by atoms with Crippen molar-refractivity contribution in [2.24, 2.45) is 28.7 Å². The van der Waals surface area contributed by atoms with E-state index in [4.69, 9.17) is 28.7 Å². The highest BCUT2D eigenvalue weighted by Gasteiger charge is 2.11. The van der Waals surface area contributed by atoms with Gasteiger partial charge in [0.05, 0.1) is 0 Å². The number of hydrogen-bond donors (Lipinski definition) is 13. The second-order valence-electron chi connectivity index (χ2n) is 14.5. The molecule has 0 heterocycles. The van der Waals surface area contributed by atoms with Gasteiger partial charge in [-0.3, -0.25) is 24.5 Å². The Morgan fingerprint density at radius 2 is 0.643 bits per heavy atom. The summed E-state index contributed by atoms with van der Waals surface area (Å²) >= 11 is 0. The third-order valence-corrected chi connectivity index (χ3v) is 9.68. The van der Waals surface area contributed by atoms with Gasteiger partial charge in [0, 0.05) is 223 Å². The van der Waals surface area contributed by atoms with Crippen LogP contribution in [0.25, 0.3) is 0 Å². The molecule has 56 heavy (non-hydrogen) atoms. The Morgan fingerprint density at radius 1 is 0.286 bits per heavy atom. The zero-order valence-corrected chi connectivity index (χ0v) is 36.6. The lowest BCUT2D eigenvalue weighted by molar-refractivity contribution is 0.203. The van der Waals surface area contributed by atoms with Crippen LogP contribution in [-0.2, 0) is 0 Å². The number of nitrogens with zero attached hydrogens (tertiary/aromatic N) is 6. The number of likely N-dealkylation sites (N-methyl/N-ethyl adjacent to an activating group) is 2. The molecule has 0 aliphatic rings. The van der Waals surface area contributed by atoms with Gasteiger partial charge in [-0.1, -0.05) is 0 Å². The Hall–Kier alpha value is -0.760. The van der Waals surface area contributed by atoms with E-state index in [9.17, 15) is 0 Å². The SMILES string of the molecule is CNCCNCCN(CCN)CCN(CCNCCN(C)CCN)CCNCCN(CCNCCN(CCN)CCN)CCNCN(CCNCCN)CNC. The third kappa shape index (κ3) is 36.3. The Kier molecular flexibility index (Phi) is 43.2. The molecular weight excluding hydrogens is 711 g/mol. The first-order valence-corrected chi connectivity index (χ1v) is 21.8. The number of rotatable bonds is 47. The summed E-state index contributed by atoms with van der Waals surface area (Å²) in [5.74, 6) is 0. The van der Waals surface area contributed by atoms with Crippen LogP contribution in [0.15, 0.2) is 0 Å². The Bertz CT molecular complexity index is 755. The molecule has 0 saturated carbocycles. The monoisotopic (exact) mass is 806 g/mol. The van der Waals surface area contributed by atoms with Crippen LogP contribution >= 0.6 is 0 Å². The summed E-state index contributed by atoms with van der Waals surface area (Å²) in [6.07, 6.45) is 0. The van der Waals surface area contributed by atoms with Gasteiger partial charge in [0.2, 0.25) is 0 Å². The first kappa shape index (κ1) is 55.2. The smallest absolute Gasteiger partial charge is 0.0493 e. The predicted octanol–water partition coefficient (Wildman–Crippen LogP) is -6.89. The molecule has 0 fully saturated rings. The number of nitrogens with one attached hydrogen (secondary N) is 8. The molecule has 19 heteroatoms. The quantitative estimate of drug-likeness (QED) is 0.0202. The molecular formula is C37H95N19. The molecule has 0 aromatic heterocycles. The van der Waals surface area contributed by atoms with Crippen LogP contribution < -0.4 is 71.2 Å². The topological polar surface area (TPSA) is 246 Å². The van der Waals surface area contributed by atoms with E-state index in [0.717, 1.165) is 190 Å². The molecule has 0 unspecified atom stereocenters. The van der Waals surface area contributed by atoms with E-state index in [1.807, 2.05) is 14.1 Å². The van der Waals surface area contributed by atoms with Crippen LogP contribution in [0.1, 0.15) is 0 Å². The lowest BCUT2D eigenvalue weighted by Crippen LogP contribution is -2.46. The van der Waals surface area contributed by atoms with Crippen LogP contribution in [0, 0.1) is 0 Å². The molecule has 0 radical (unpaired) electrons. The van der Waals surface area contributed by atoms with Crippen molar-refractivity contribution in [3.05, 3.63) is 0 Å². The zero-order valence-electron chi connectivity index (χ0n) is 36.6. The van der Waals surface area contributed by atoms with Gasteiger partial charge in [-0.05, 0) is 21.1 Å². The summed E-state index contributed by atoms with van der Waals surface area (Å²) in [6.45, 7) is 31.1. The minimum absolute atomic E-state index is 0.660. The summed E-state index contributed by atoms with van der Waals surface area (Å²) in [4.78, 5) is 14.6. The standard InChI is InChI=1S/C37H95N19/c1-43-10-11-46-13-27-53(24-8-42)34-35-55(30-17-47-12-25-51(3)21-5-39)31-18-49-16-29-54(28-15-48-14-26-52(22-6-40)23-7-41)32-20-50-37-56(36-44-2)33-19-45-9-4-38/h43-50H,4-42H2,1-3H3. The first-order valence-electron chi connectivity index (χ1n) is 21.8. The van der Waals surface area contributed by atoms with E-state index in [0.29, 0.717) is 32.7 Å². The fourth-order valence-electron chi connectivity index (χ4n) is 6.29. The zero-order chi connectivity index (χ0) is 41.2. The van der Waals surface area contributed by atoms with E-state index >= 15 is 0 Å². The Morgan fingerprint density at radius 3 is 1.07 bits per heavy atom. The molecule has 338 valence electrons. The lowest BCUT2D eigenvalue weighted by Gasteiger charge is -2.28. The molecule has 0 aromatic carbocycles. The second kappa shape index (κ2) is 43.8. The Balaban J connectivity index is 5.08. The van der Waals surface area contributed by atoms with Gasteiger partial charge in [-0.2, -0.15) is 0 Å². The van der Waals surface area contributed by atoms with Gasteiger partial charge in [-0.25, -0.2) is 0 Å². The first-order chi connectivity index (χ1) is 27.5. The highest BCUT2D eigenvalue weighted by atomic mass is 15.3. The highest BCUT2D eigenvalue weighted by Crippen LogP contribution is 1.94. The van der Waals surface area contributed by atoms with Crippen LogP contribution in [0.5, 0.6) is 0 Å². The summed E-state index contributed by atoms with van der Waals surface area (Å²) < 4.78 is 0. The van der Waals surface area contributed by atoms with Crippen LogP contribution in [0.3, 0.4) is 0 Å². The van der Waals surface area contributed by atoms with Crippen LogP contribution in [-0.4, -0.2) is 273 Å². The molecule has 0 atom stereocenters. The van der Waals surface area contributed by atoms with Gasteiger partial charge in [0.15, 0.2) is 0 Å². The minimum atomic E-state index is 0.660. The van der Waals surface area contributed by atoms with Crippen molar-refractivity contribution in [2.45, 2.75) is 0 Å². The van der Waals surface area contributed by atoms with Crippen molar-refractivity contribution < 1.29 is 0 Å². The van der Waals surface area contributed by atoms with Crippen molar-refractivity contribution in [1.82, 2.24) is 71.9 Å². The van der Waals surface area contributed by atoms with Crippen molar-refractivity contribution in [1.29, 1.82) is 0 Å². The molecule has 0 bridgehead atoms.